The van der Waals surface area contributed by atoms with Gasteiger partial charge in [0, 0.05) is 15.3 Å². The van der Waals surface area contributed by atoms with Crippen molar-refractivity contribution in [3.8, 4) is 0 Å². The fraction of sp³-hybridized carbons (Fsp3) is 0.667. The van der Waals surface area contributed by atoms with Crippen molar-refractivity contribution in [2.75, 3.05) is 7.11 Å². The van der Waals surface area contributed by atoms with E-state index in [1.165, 1.54) is 14.0 Å². The van der Waals surface area contributed by atoms with Crippen molar-refractivity contribution in [2.45, 2.75) is 6.92 Å². The first kappa shape index (κ1) is 9.11. The smallest absolute Gasteiger partial charge is 0.302 e. The number of esters is 1. The monoisotopic (exact) mass is 85.0 g/mol. The molecule has 0 aliphatic rings. The van der Waals surface area contributed by atoms with Gasteiger partial charge in [-0.05, 0) is 0 Å². The Morgan fingerprint density at radius 3 is 1.83 bits per heavy atom. The van der Waals surface area contributed by atoms with Crippen LogP contribution < -0.4 is 0 Å². The standard InChI is InChI=1S/C3H6O2.B/c1-3(4)5-2;/h1-2H3;. The summed E-state index contributed by atoms with van der Waals surface area (Å²) in [5.41, 5.74) is 0. The molecule has 0 aromatic carbocycles. The van der Waals surface area contributed by atoms with Crippen molar-refractivity contribution in [3.05, 3.63) is 0 Å². The van der Waals surface area contributed by atoms with Crippen molar-refractivity contribution < 1.29 is 9.53 Å². The van der Waals surface area contributed by atoms with Crippen LogP contribution in [-0.2, 0) is 9.53 Å². The molecule has 0 fully saturated rings. The molecule has 0 unspecified atom stereocenters. The minimum atomic E-state index is -0.245. The molecule has 0 aliphatic carbocycles. The van der Waals surface area contributed by atoms with Gasteiger partial charge in [0.1, 0.15) is 0 Å². The van der Waals surface area contributed by atoms with Gasteiger partial charge in [0.2, 0.25) is 0 Å². The van der Waals surface area contributed by atoms with Gasteiger partial charge in [0.25, 0.3) is 0 Å². The Hall–Kier alpha value is -0.465. The van der Waals surface area contributed by atoms with Crippen LogP contribution in [0.4, 0.5) is 0 Å². The van der Waals surface area contributed by atoms with Gasteiger partial charge in [-0.3, -0.25) is 4.79 Å². The summed E-state index contributed by atoms with van der Waals surface area (Å²) in [7, 11) is 1.35. The van der Waals surface area contributed by atoms with Crippen LogP contribution >= 0.6 is 0 Å². The molecule has 0 aromatic rings. The average molecular weight is 84.9 g/mol. The molecular weight excluding hydrogens is 78.8 g/mol. The molecule has 0 saturated carbocycles. The van der Waals surface area contributed by atoms with E-state index >= 15 is 0 Å². The number of methoxy groups -OCH3 is 1. The molecule has 0 atom stereocenters. The largest absolute Gasteiger partial charge is 0.469 e. The predicted octanol–water partition coefficient (Wildman–Crippen LogP) is -0.202. The van der Waals surface area contributed by atoms with E-state index in [0.29, 0.717) is 0 Å². The molecule has 0 heterocycles. The SMILES string of the molecule is COC(C)=O.[B]. The minimum absolute atomic E-state index is 0. The van der Waals surface area contributed by atoms with Gasteiger partial charge < -0.3 is 4.74 Å². The van der Waals surface area contributed by atoms with Gasteiger partial charge in [-0.15, -0.1) is 0 Å². The number of rotatable bonds is 0. The van der Waals surface area contributed by atoms with E-state index in [4.69, 9.17) is 0 Å². The van der Waals surface area contributed by atoms with Crippen LogP contribution in [0.3, 0.4) is 0 Å². The molecule has 2 nitrogen and oxygen atoms in total. The van der Waals surface area contributed by atoms with Gasteiger partial charge in [-0.2, -0.15) is 0 Å². The Morgan fingerprint density at radius 1 is 1.67 bits per heavy atom. The molecule has 0 saturated heterocycles. The van der Waals surface area contributed by atoms with Crippen LogP contribution in [0, 0.1) is 0 Å². The highest BCUT2D eigenvalue weighted by Crippen LogP contribution is 1.60. The van der Waals surface area contributed by atoms with Crippen LogP contribution in [0.15, 0.2) is 0 Å². The number of carbonyl (C=O) groups excluding carboxylic acids is 1. The first-order chi connectivity index (χ1) is 2.27. The van der Waals surface area contributed by atoms with Crippen LogP contribution in [0.1, 0.15) is 6.92 Å². The van der Waals surface area contributed by atoms with E-state index in [1.807, 2.05) is 0 Å². The minimum Gasteiger partial charge on any atom is -0.469 e. The van der Waals surface area contributed by atoms with Crippen molar-refractivity contribution in [2.24, 2.45) is 0 Å². The highest BCUT2D eigenvalue weighted by Gasteiger charge is 1.75. The third kappa shape index (κ3) is 9.64. The summed E-state index contributed by atoms with van der Waals surface area (Å²) < 4.78 is 4.11. The zero-order valence-electron chi connectivity index (χ0n) is 3.89. The predicted molar refractivity (Wildman–Crippen MR) is 23.4 cm³/mol. The third-order valence-electron chi connectivity index (χ3n) is 0.287. The summed E-state index contributed by atoms with van der Waals surface area (Å²) in [6.45, 7) is 1.36. The van der Waals surface area contributed by atoms with Crippen LogP contribution in [0.5, 0.6) is 0 Å². The first-order valence-electron chi connectivity index (χ1n) is 1.32. The molecule has 3 radical (unpaired) electrons. The third-order valence-corrected chi connectivity index (χ3v) is 0.287. The maximum absolute atomic E-state index is 9.59. The topological polar surface area (TPSA) is 26.3 Å². The van der Waals surface area contributed by atoms with Gasteiger partial charge >= 0.3 is 5.97 Å². The average Bonchev–Trinajstić information content (AvgIpc) is 1.38. The van der Waals surface area contributed by atoms with Crippen molar-refractivity contribution in [3.63, 3.8) is 0 Å². The fourth-order valence-corrected chi connectivity index (χ4v) is 0. The first-order valence-corrected chi connectivity index (χ1v) is 1.32. The fourth-order valence-electron chi connectivity index (χ4n) is 0. The summed E-state index contributed by atoms with van der Waals surface area (Å²) in [4.78, 5) is 9.59. The molecule has 0 rings (SSSR count). The zero-order chi connectivity index (χ0) is 4.28. The lowest BCUT2D eigenvalue weighted by Gasteiger charge is -1.80. The maximum atomic E-state index is 9.59. The molecule has 0 N–H and O–H groups in total. The second-order valence-electron chi connectivity index (χ2n) is 0.696. The number of hydrogen-bond donors (Lipinski definition) is 0. The quantitative estimate of drug-likeness (QED) is 0.300. The highest BCUT2D eigenvalue weighted by molar-refractivity contribution is 5.75. The van der Waals surface area contributed by atoms with E-state index in [-0.39, 0.29) is 14.4 Å². The summed E-state index contributed by atoms with van der Waals surface area (Å²) in [6, 6.07) is 0. The number of carbonyl (C=O) groups is 1. The van der Waals surface area contributed by atoms with Gasteiger partial charge in [0.05, 0.1) is 7.11 Å². The highest BCUT2D eigenvalue weighted by atomic mass is 16.5. The van der Waals surface area contributed by atoms with E-state index in [0.717, 1.165) is 0 Å². The van der Waals surface area contributed by atoms with Crippen LogP contribution in [-0.4, -0.2) is 21.5 Å². The molecule has 6 heavy (non-hydrogen) atoms. The van der Waals surface area contributed by atoms with E-state index in [1.54, 1.807) is 0 Å². The lowest BCUT2D eigenvalue weighted by Crippen LogP contribution is -1.88. The van der Waals surface area contributed by atoms with E-state index in [2.05, 4.69) is 4.74 Å². The molecule has 0 aromatic heterocycles. The molecule has 0 aliphatic heterocycles. The normalized spacial score (nSPS) is 5.67. The molecule has 0 bridgehead atoms. The number of ether oxygens (including phenoxy) is 1. The Kier molecular flexibility index (Phi) is 6.89. The summed E-state index contributed by atoms with van der Waals surface area (Å²) in [5.74, 6) is -0.245. The van der Waals surface area contributed by atoms with Gasteiger partial charge in [0.15, 0.2) is 0 Å². The van der Waals surface area contributed by atoms with Crippen LogP contribution in [0.2, 0.25) is 0 Å². The summed E-state index contributed by atoms with van der Waals surface area (Å²) >= 11 is 0. The van der Waals surface area contributed by atoms with E-state index < -0.39 is 0 Å². The van der Waals surface area contributed by atoms with Crippen molar-refractivity contribution in [1.29, 1.82) is 0 Å². The summed E-state index contributed by atoms with van der Waals surface area (Å²) in [5, 5.41) is 0. The van der Waals surface area contributed by atoms with Crippen molar-refractivity contribution >= 4 is 14.4 Å². The lowest BCUT2D eigenvalue weighted by molar-refractivity contribution is -0.137. The van der Waals surface area contributed by atoms with E-state index in [9.17, 15) is 4.79 Å². The van der Waals surface area contributed by atoms with Crippen molar-refractivity contribution in [1.82, 2.24) is 0 Å². The molecule has 0 amide bonds. The lowest BCUT2D eigenvalue weighted by atomic mass is 10.8. The Balaban J connectivity index is 0. The zero-order valence-corrected chi connectivity index (χ0v) is 3.89. The Morgan fingerprint density at radius 2 is 1.83 bits per heavy atom. The molecule has 0 spiro atoms. The Bertz CT molecular complexity index is 44.1. The van der Waals surface area contributed by atoms with Gasteiger partial charge in [-0.25, -0.2) is 0 Å². The Labute approximate surface area is 39.1 Å². The molecule has 3 heteroatoms. The molecular formula is C3H6BO2. The summed E-state index contributed by atoms with van der Waals surface area (Å²) in [6.07, 6.45) is 0. The second-order valence-corrected chi connectivity index (χ2v) is 0.696. The second kappa shape index (κ2) is 4.53. The number of hydrogen-bond acceptors (Lipinski definition) is 2. The van der Waals surface area contributed by atoms with Gasteiger partial charge in [-0.1, -0.05) is 0 Å². The van der Waals surface area contributed by atoms with Crippen LogP contribution in [0.25, 0.3) is 0 Å². The maximum Gasteiger partial charge on any atom is 0.302 e. The molecule has 33 valence electrons.